The molecule has 0 aliphatic heterocycles. The van der Waals surface area contributed by atoms with Crippen molar-refractivity contribution in [2.24, 2.45) is 0 Å². The summed E-state index contributed by atoms with van der Waals surface area (Å²) >= 11 is 0. The number of hydrogen-bond donors (Lipinski definition) is 2. The van der Waals surface area contributed by atoms with E-state index in [1.54, 1.807) is 24.4 Å². The van der Waals surface area contributed by atoms with Crippen LogP contribution in [-0.4, -0.2) is 15.8 Å². The highest BCUT2D eigenvalue weighted by Gasteiger charge is 2.03. The smallest absolute Gasteiger partial charge is 0.404 e. The molecule has 80 valence electrons. The van der Waals surface area contributed by atoms with Crippen LogP contribution in [0.4, 0.5) is 4.79 Å². The van der Waals surface area contributed by atoms with Crippen LogP contribution in [0.1, 0.15) is 5.56 Å². The van der Waals surface area contributed by atoms with Crippen molar-refractivity contribution in [3.8, 4) is 0 Å². The van der Waals surface area contributed by atoms with E-state index in [4.69, 9.17) is 5.11 Å². The standard InChI is InChI=1S/C10H12N2O3/c1-2-5-12-6-3-4-8(9(12)13)7-11-10(14)15/h2-4,6,11H,1,5,7H2,(H,14,15). The number of nitrogens with one attached hydrogen (secondary N) is 1. The van der Waals surface area contributed by atoms with E-state index < -0.39 is 6.09 Å². The lowest BCUT2D eigenvalue weighted by Gasteiger charge is -2.05. The Labute approximate surface area is 86.7 Å². The van der Waals surface area contributed by atoms with Crippen LogP contribution in [0.5, 0.6) is 0 Å². The molecule has 0 unspecified atom stereocenters. The Kier molecular flexibility index (Phi) is 3.68. The normalized spacial score (nSPS) is 9.60. The quantitative estimate of drug-likeness (QED) is 0.719. The predicted octanol–water partition coefficient (Wildman–Crippen LogP) is 0.802. The fraction of sp³-hybridized carbons (Fsp3) is 0.200. The van der Waals surface area contributed by atoms with Crippen molar-refractivity contribution in [1.82, 2.24) is 9.88 Å². The van der Waals surface area contributed by atoms with Gasteiger partial charge in [-0.3, -0.25) is 4.79 Å². The molecule has 0 saturated heterocycles. The molecule has 0 aliphatic rings. The van der Waals surface area contributed by atoms with Gasteiger partial charge in [-0.1, -0.05) is 12.1 Å². The summed E-state index contributed by atoms with van der Waals surface area (Å²) in [5.41, 5.74) is 0.216. The minimum Gasteiger partial charge on any atom is -0.465 e. The van der Waals surface area contributed by atoms with E-state index in [1.165, 1.54) is 4.57 Å². The molecule has 1 aromatic rings. The minimum atomic E-state index is -1.14. The summed E-state index contributed by atoms with van der Waals surface area (Å²) < 4.78 is 1.46. The zero-order valence-corrected chi connectivity index (χ0v) is 8.14. The molecule has 0 radical (unpaired) electrons. The molecule has 5 heteroatoms. The number of rotatable bonds is 4. The Balaban J connectivity index is 2.89. The maximum Gasteiger partial charge on any atom is 0.404 e. The van der Waals surface area contributed by atoms with Crippen LogP contribution < -0.4 is 10.9 Å². The lowest BCUT2D eigenvalue weighted by Crippen LogP contribution is -2.28. The third-order valence-corrected chi connectivity index (χ3v) is 1.85. The first-order valence-corrected chi connectivity index (χ1v) is 4.41. The third-order valence-electron chi connectivity index (χ3n) is 1.85. The number of carboxylic acid groups (broad SMARTS) is 1. The summed E-state index contributed by atoms with van der Waals surface area (Å²) in [5, 5.41) is 10.6. The van der Waals surface area contributed by atoms with Crippen molar-refractivity contribution in [3.05, 3.63) is 46.9 Å². The summed E-state index contributed by atoms with van der Waals surface area (Å²) in [5.74, 6) is 0. The van der Waals surface area contributed by atoms with Crippen molar-refractivity contribution in [2.45, 2.75) is 13.1 Å². The van der Waals surface area contributed by atoms with Crippen LogP contribution in [-0.2, 0) is 13.1 Å². The summed E-state index contributed by atoms with van der Waals surface area (Å²) in [7, 11) is 0. The Morgan fingerprint density at radius 2 is 2.40 bits per heavy atom. The Morgan fingerprint density at radius 1 is 1.67 bits per heavy atom. The topological polar surface area (TPSA) is 71.3 Å². The van der Waals surface area contributed by atoms with E-state index in [0.717, 1.165) is 0 Å². The fourth-order valence-corrected chi connectivity index (χ4v) is 1.17. The van der Waals surface area contributed by atoms with Crippen LogP contribution in [0.3, 0.4) is 0 Å². The number of amides is 1. The maximum absolute atomic E-state index is 11.7. The molecule has 0 aliphatic carbocycles. The molecule has 0 spiro atoms. The average Bonchev–Trinajstić information content (AvgIpc) is 2.19. The first kappa shape index (κ1) is 11.0. The molecular formula is C10H12N2O3. The van der Waals surface area contributed by atoms with E-state index in [-0.39, 0.29) is 12.1 Å². The second-order valence-corrected chi connectivity index (χ2v) is 2.94. The highest BCUT2D eigenvalue weighted by molar-refractivity contribution is 5.64. The number of nitrogens with zero attached hydrogens (tertiary/aromatic N) is 1. The highest BCUT2D eigenvalue weighted by Crippen LogP contribution is 1.92. The zero-order valence-electron chi connectivity index (χ0n) is 8.14. The van der Waals surface area contributed by atoms with Gasteiger partial charge in [0.25, 0.3) is 5.56 Å². The fourth-order valence-electron chi connectivity index (χ4n) is 1.17. The largest absolute Gasteiger partial charge is 0.465 e. The second-order valence-electron chi connectivity index (χ2n) is 2.94. The zero-order chi connectivity index (χ0) is 11.3. The molecule has 0 fully saturated rings. The Bertz CT molecular complexity index is 423. The van der Waals surface area contributed by atoms with Crippen LogP contribution in [0.25, 0.3) is 0 Å². The van der Waals surface area contributed by atoms with Gasteiger partial charge in [-0.25, -0.2) is 4.79 Å². The van der Waals surface area contributed by atoms with Gasteiger partial charge >= 0.3 is 6.09 Å². The molecule has 0 bridgehead atoms. The molecule has 1 rings (SSSR count). The van der Waals surface area contributed by atoms with Gasteiger partial charge in [0.1, 0.15) is 0 Å². The predicted molar refractivity (Wildman–Crippen MR) is 55.8 cm³/mol. The molecule has 1 heterocycles. The van der Waals surface area contributed by atoms with E-state index in [2.05, 4.69) is 11.9 Å². The van der Waals surface area contributed by atoms with E-state index in [0.29, 0.717) is 12.1 Å². The molecule has 0 atom stereocenters. The number of pyridine rings is 1. The van der Waals surface area contributed by atoms with E-state index >= 15 is 0 Å². The lowest BCUT2D eigenvalue weighted by atomic mass is 10.2. The third kappa shape index (κ3) is 2.98. The van der Waals surface area contributed by atoms with E-state index in [1.807, 2.05) is 0 Å². The van der Waals surface area contributed by atoms with Gasteiger partial charge in [0.2, 0.25) is 0 Å². The van der Waals surface area contributed by atoms with Crippen molar-refractivity contribution in [3.63, 3.8) is 0 Å². The van der Waals surface area contributed by atoms with Crippen LogP contribution in [0.2, 0.25) is 0 Å². The maximum atomic E-state index is 11.7. The van der Waals surface area contributed by atoms with Crippen molar-refractivity contribution >= 4 is 6.09 Å². The average molecular weight is 208 g/mol. The summed E-state index contributed by atoms with van der Waals surface area (Å²) in [6, 6.07) is 3.29. The first-order valence-electron chi connectivity index (χ1n) is 4.41. The van der Waals surface area contributed by atoms with Gasteiger partial charge in [-0.15, -0.1) is 6.58 Å². The Hall–Kier alpha value is -2.04. The molecule has 1 aromatic heterocycles. The van der Waals surface area contributed by atoms with Gasteiger partial charge in [-0.2, -0.15) is 0 Å². The number of aromatic nitrogens is 1. The van der Waals surface area contributed by atoms with Crippen molar-refractivity contribution < 1.29 is 9.90 Å². The number of allylic oxidation sites excluding steroid dienone is 1. The van der Waals surface area contributed by atoms with E-state index in [9.17, 15) is 9.59 Å². The molecule has 0 saturated carbocycles. The van der Waals surface area contributed by atoms with Crippen molar-refractivity contribution in [2.75, 3.05) is 0 Å². The first-order chi connectivity index (χ1) is 7.15. The molecule has 5 nitrogen and oxygen atoms in total. The second kappa shape index (κ2) is 4.99. The van der Waals surface area contributed by atoms with Crippen LogP contribution in [0, 0.1) is 0 Å². The molecule has 0 aromatic carbocycles. The Morgan fingerprint density at radius 3 is 3.00 bits per heavy atom. The van der Waals surface area contributed by atoms with Crippen LogP contribution in [0.15, 0.2) is 35.8 Å². The van der Waals surface area contributed by atoms with Gasteiger partial charge in [-0.05, 0) is 6.07 Å². The lowest BCUT2D eigenvalue weighted by molar-refractivity contribution is 0.194. The minimum absolute atomic E-state index is 0.0200. The van der Waals surface area contributed by atoms with Gasteiger partial charge in [0.15, 0.2) is 0 Å². The van der Waals surface area contributed by atoms with Gasteiger partial charge in [0.05, 0.1) is 6.54 Å². The summed E-state index contributed by atoms with van der Waals surface area (Å²) in [6.07, 6.45) is 2.10. The molecule has 15 heavy (non-hydrogen) atoms. The van der Waals surface area contributed by atoms with Gasteiger partial charge in [0, 0.05) is 18.3 Å². The summed E-state index contributed by atoms with van der Waals surface area (Å²) in [4.78, 5) is 21.9. The van der Waals surface area contributed by atoms with Crippen LogP contribution >= 0.6 is 0 Å². The molecule has 2 N–H and O–H groups in total. The molecular weight excluding hydrogens is 196 g/mol. The van der Waals surface area contributed by atoms with Gasteiger partial charge < -0.3 is 15.0 Å². The highest BCUT2D eigenvalue weighted by atomic mass is 16.4. The van der Waals surface area contributed by atoms with Crippen molar-refractivity contribution in [1.29, 1.82) is 0 Å². The number of hydrogen-bond acceptors (Lipinski definition) is 2. The SMILES string of the molecule is C=CCn1cccc(CNC(=O)O)c1=O. The summed E-state index contributed by atoms with van der Waals surface area (Å²) in [6.45, 7) is 3.97. The monoisotopic (exact) mass is 208 g/mol. The molecule has 1 amide bonds. The number of carbonyl (C=O) groups is 1.